The Hall–Kier alpha value is -1.06. The second-order valence-corrected chi connectivity index (χ2v) is 3.85. The molecule has 0 saturated heterocycles. The van der Waals surface area contributed by atoms with Gasteiger partial charge in [-0.1, -0.05) is 19.1 Å². The van der Waals surface area contributed by atoms with Crippen LogP contribution >= 0.6 is 0 Å². The second kappa shape index (κ2) is 6.51. The lowest BCUT2D eigenvalue weighted by atomic mass is 9.93. The van der Waals surface area contributed by atoms with Gasteiger partial charge in [0.25, 0.3) is 0 Å². The van der Waals surface area contributed by atoms with Gasteiger partial charge in [-0.25, -0.2) is 0 Å². The molecule has 0 spiro atoms. The van der Waals surface area contributed by atoms with Crippen molar-refractivity contribution in [1.82, 2.24) is 0 Å². The van der Waals surface area contributed by atoms with E-state index in [9.17, 15) is 5.11 Å². The van der Waals surface area contributed by atoms with Gasteiger partial charge < -0.3 is 15.6 Å². The van der Waals surface area contributed by atoms with E-state index < -0.39 is 6.10 Å². The van der Waals surface area contributed by atoms with Gasteiger partial charge in [0, 0.05) is 5.92 Å². The molecule has 0 heterocycles. The number of rotatable bonds is 6. The number of hydrogen-bond acceptors (Lipinski definition) is 3. The van der Waals surface area contributed by atoms with Gasteiger partial charge in [0.1, 0.15) is 5.75 Å². The zero-order chi connectivity index (χ0) is 12.0. The molecule has 16 heavy (non-hydrogen) atoms. The summed E-state index contributed by atoms with van der Waals surface area (Å²) in [4.78, 5) is 0. The van der Waals surface area contributed by atoms with Crippen molar-refractivity contribution in [2.75, 3.05) is 13.2 Å². The van der Waals surface area contributed by atoms with Gasteiger partial charge in [0.15, 0.2) is 0 Å². The Kier molecular flexibility index (Phi) is 5.29. The molecule has 0 aliphatic carbocycles. The maximum Gasteiger partial charge on any atom is 0.119 e. The minimum atomic E-state index is -0.504. The number of aliphatic hydroxyl groups excluding tert-OH is 1. The second-order valence-electron chi connectivity index (χ2n) is 3.85. The van der Waals surface area contributed by atoms with Crippen LogP contribution in [-0.4, -0.2) is 18.3 Å². The predicted molar refractivity (Wildman–Crippen MR) is 65.4 cm³/mol. The van der Waals surface area contributed by atoms with Crippen LogP contribution in [0, 0.1) is 5.92 Å². The Bertz CT molecular complexity index is 311. The van der Waals surface area contributed by atoms with Crippen molar-refractivity contribution in [3.8, 4) is 5.75 Å². The average molecular weight is 223 g/mol. The highest BCUT2D eigenvalue weighted by Gasteiger charge is 2.17. The summed E-state index contributed by atoms with van der Waals surface area (Å²) in [6, 6.07) is 7.58. The lowest BCUT2D eigenvalue weighted by molar-refractivity contribution is 0.109. The first kappa shape index (κ1) is 13.0. The number of nitrogens with two attached hydrogens (primary N) is 1. The van der Waals surface area contributed by atoms with Crippen LogP contribution in [0.25, 0.3) is 0 Å². The van der Waals surface area contributed by atoms with Crippen molar-refractivity contribution in [2.24, 2.45) is 11.7 Å². The molecule has 0 saturated carbocycles. The van der Waals surface area contributed by atoms with Crippen molar-refractivity contribution in [3.63, 3.8) is 0 Å². The molecule has 0 bridgehead atoms. The Morgan fingerprint density at radius 2 is 2.12 bits per heavy atom. The average Bonchev–Trinajstić information content (AvgIpc) is 2.31. The number of ether oxygens (including phenoxy) is 1. The van der Waals surface area contributed by atoms with Crippen molar-refractivity contribution in [3.05, 3.63) is 29.8 Å². The van der Waals surface area contributed by atoms with E-state index in [2.05, 4.69) is 0 Å². The molecule has 3 N–H and O–H groups in total. The molecule has 0 aromatic heterocycles. The molecule has 0 aliphatic heterocycles. The number of benzene rings is 1. The summed E-state index contributed by atoms with van der Waals surface area (Å²) >= 11 is 0. The summed E-state index contributed by atoms with van der Waals surface area (Å²) in [5.74, 6) is 0.905. The van der Waals surface area contributed by atoms with Gasteiger partial charge in [-0.15, -0.1) is 0 Å². The summed E-state index contributed by atoms with van der Waals surface area (Å²) in [5, 5.41) is 10.1. The van der Waals surface area contributed by atoms with Crippen LogP contribution in [0.4, 0.5) is 0 Å². The van der Waals surface area contributed by atoms with Crippen LogP contribution in [0.3, 0.4) is 0 Å². The van der Waals surface area contributed by atoms with Crippen LogP contribution in [0.15, 0.2) is 24.3 Å². The molecular weight excluding hydrogens is 202 g/mol. The SMILES string of the molecule is CCOc1cccc(C(O)C(CC)CN)c1. The Labute approximate surface area is 97.2 Å². The number of hydrogen-bond donors (Lipinski definition) is 2. The first-order valence-corrected chi connectivity index (χ1v) is 5.83. The molecule has 2 unspecified atom stereocenters. The Morgan fingerprint density at radius 3 is 2.69 bits per heavy atom. The predicted octanol–water partition coefficient (Wildman–Crippen LogP) is 2.10. The van der Waals surface area contributed by atoms with Crippen molar-refractivity contribution >= 4 is 0 Å². The highest BCUT2D eigenvalue weighted by Crippen LogP contribution is 2.26. The normalized spacial score (nSPS) is 14.5. The van der Waals surface area contributed by atoms with Crippen LogP contribution in [0.2, 0.25) is 0 Å². The van der Waals surface area contributed by atoms with E-state index in [0.29, 0.717) is 13.2 Å². The third-order valence-electron chi connectivity index (χ3n) is 2.78. The van der Waals surface area contributed by atoms with Crippen LogP contribution in [0.5, 0.6) is 5.75 Å². The maximum absolute atomic E-state index is 10.1. The molecule has 0 amide bonds. The summed E-state index contributed by atoms with van der Waals surface area (Å²) in [7, 11) is 0. The van der Waals surface area contributed by atoms with Crippen LogP contribution in [-0.2, 0) is 0 Å². The van der Waals surface area contributed by atoms with Crippen molar-refractivity contribution in [2.45, 2.75) is 26.4 Å². The van der Waals surface area contributed by atoms with Crippen molar-refractivity contribution < 1.29 is 9.84 Å². The largest absolute Gasteiger partial charge is 0.494 e. The van der Waals surface area contributed by atoms with Crippen molar-refractivity contribution in [1.29, 1.82) is 0 Å². The zero-order valence-electron chi connectivity index (χ0n) is 10.0. The monoisotopic (exact) mass is 223 g/mol. The van der Waals surface area contributed by atoms with Gasteiger partial charge in [-0.2, -0.15) is 0 Å². The van der Waals surface area contributed by atoms with E-state index >= 15 is 0 Å². The zero-order valence-corrected chi connectivity index (χ0v) is 10.0. The van der Waals surface area contributed by atoms with E-state index in [-0.39, 0.29) is 5.92 Å². The summed E-state index contributed by atoms with van der Waals surface area (Å²) in [6.07, 6.45) is 0.367. The molecule has 1 aromatic carbocycles. The van der Waals surface area contributed by atoms with Gasteiger partial charge in [0.05, 0.1) is 12.7 Å². The van der Waals surface area contributed by atoms with Gasteiger partial charge in [0.2, 0.25) is 0 Å². The topological polar surface area (TPSA) is 55.5 Å². The third kappa shape index (κ3) is 3.22. The quantitative estimate of drug-likeness (QED) is 0.776. The molecule has 1 aromatic rings. The fourth-order valence-corrected chi connectivity index (χ4v) is 1.75. The lowest BCUT2D eigenvalue weighted by Gasteiger charge is -2.20. The minimum Gasteiger partial charge on any atom is -0.494 e. The lowest BCUT2D eigenvalue weighted by Crippen LogP contribution is -2.21. The van der Waals surface area contributed by atoms with Gasteiger partial charge in [-0.3, -0.25) is 0 Å². The third-order valence-corrected chi connectivity index (χ3v) is 2.78. The summed E-state index contributed by atoms with van der Waals surface area (Å²) in [5.41, 5.74) is 6.51. The first-order valence-electron chi connectivity index (χ1n) is 5.83. The van der Waals surface area contributed by atoms with Gasteiger partial charge >= 0.3 is 0 Å². The molecule has 3 nitrogen and oxygen atoms in total. The Balaban J connectivity index is 2.81. The summed E-state index contributed by atoms with van der Waals surface area (Å²) in [6.45, 7) is 5.11. The molecule has 1 rings (SSSR count). The summed E-state index contributed by atoms with van der Waals surface area (Å²) < 4.78 is 5.40. The van der Waals surface area contributed by atoms with Crippen LogP contribution < -0.4 is 10.5 Å². The molecule has 0 aliphatic rings. The van der Waals surface area contributed by atoms with E-state index in [0.717, 1.165) is 17.7 Å². The molecule has 90 valence electrons. The molecule has 0 fully saturated rings. The van der Waals surface area contributed by atoms with Gasteiger partial charge in [-0.05, 0) is 37.6 Å². The Morgan fingerprint density at radius 1 is 1.38 bits per heavy atom. The molecule has 0 radical (unpaired) electrons. The van der Waals surface area contributed by atoms with E-state index in [4.69, 9.17) is 10.5 Å². The highest BCUT2D eigenvalue weighted by molar-refractivity contribution is 5.30. The van der Waals surface area contributed by atoms with Crippen LogP contribution in [0.1, 0.15) is 31.9 Å². The number of aliphatic hydroxyl groups is 1. The molecular formula is C13H21NO2. The smallest absolute Gasteiger partial charge is 0.119 e. The minimum absolute atomic E-state index is 0.108. The fourth-order valence-electron chi connectivity index (χ4n) is 1.75. The first-order chi connectivity index (χ1) is 7.72. The molecule has 3 heteroatoms. The van der Waals surface area contributed by atoms with E-state index in [1.54, 1.807) is 0 Å². The molecule has 2 atom stereocenters. The van der Waals surface area contributed by atoms with E-state index in [1.807, 2.05) is 38.1 Å². The van der Waals surface area contributed by atoms with E-state index in [1.165, 1.54) is 0 Å². The fraction of sp³-hybridized carbons (Fsp3) is 0.538. The highest BCUT2D eigenvalue weighted by atomic mass is 16.5. The standard InChI is InChI=1S/C13H21NO2/c1-3-10(9-14)13(15)11-6-5-7-12(8-11)16-4-2/h5-8,10,13,15H,3-4,9,14H2,1-2H3. The maximum atomic E-state index is 10.1.